The van der Waals surface area contributed by atoms with Crippen molar-refractivity contribution in [1.29, 1.82) is 5.26 Å². The molecule has 3 nitrogen and oxygen atoms in total. The molecule has 1 unspecified atom stereocenters. The first-order chi connectivity index (χ1) is 8.60. The molecule has 0 spiro atoms. The molecule has 1 aromatic carbocycles. The van der Waals surface area contributed by atoms with Crippen LogP contribution in [0, 0.1) is 17.1 Å². The molecule has 0 saturated carbocycles. The standard InChI is InChI=1S/C14H18FN3/c1-11-9-18(6-5-17(11)2)10-13-4-3-12(8-16)7-14(13)15/h3-4,7,11H,5-6,9-10H2,1-2H3. The maximum Gasteiger partial charge on any atom is 0.129 e. The fourth-order valence-corrected chi connectivity index (χ4v) is 2.25. The van der Waals surface area contributed by atoms with Gasteiger partial charge in [-0.1, -0.05) is 6.07 Å². The molecule has 0 aliphatic carbocycles. The Balaban J connectivity index is 2.04. The van der Waals surface area contributed by atoms with Crippen molar-refractivity contribution < 1.29 is 4.39 Å². The van der Waals surface area contributed by atoms with Gasteiger partial charge in [0.15, 0.2) is 0 Å². The summed E-state index contributed by atoms with van der Waals surface area (Å²) in [6, 6.07) is 7.16. The van der Waals surface area contributed by atoms with Gasteiger partial charge in [-0.25, -0.2) is 4.39 Å². The van der Waals surface area contributed by atoms with E-state index in [-0.39, 0.29) is 5.82 Å². The molecular weight excluding hydrogens is 229 g/mol. The molecule has 1 atom stereocenters. The van der Waals surface area contributed by atoms with Gasteiger partial charge in [0, 0.05) is 37.8 Å². The van der Waals surface area contributed by atoms with E-state index < -0.39 is 0 Å². The first-order valence-corrected chi connectivity index (χ1v) is 6.21. The fourth-order valence-electron chi connectivity index (χ4n) is 2.25. The summed E-state index contributed by atoms with van der Waals surface area (Å²) in [5.41, 5.74) is 1.05. The Bertz CT molecular complexity index is 467. The number of nitrogens with zero attached hydrogens (tertiary/aromatic N) is 3. The second-order valence-electron chi connectivity index (χ2n) is 4.98. The molecule has 96 valence electrons. The minimum Gasteiger partial charge on any atom is -0.301 e. The molecule has 0 amide bonds. The molecule has 0 bridgehead atoms. The van der Waals surface area contributed by atoms with Gasteiger partial charge in [0.1, 0.15) is 5.82 Å². The molecule has 0 aromatic heterocycles. The molecule has 1 aromatic rings. The van der Waals surface area contributed by atoms with Gasteiger partial charge in [-0.05, 0) is 26.1 Å². The Morgan fingerprint density at radius 2 is 2.22 bits per heavy atom. The second-order valence-corrected chi connectivity index (χ2v) is 4.98. The van der Waals surface area contributed by atoms with E-state index >= 15 is 0 Å². The van der Waals surface area contributed by atoms with Crippen LogP contribution in [0.3, 0.4) is 0 Å². The van der Waals surface area contributed by atoms with Crippen molar-refractivity contribution in [1.82, 2.24) is 9.80 Å². The lowest BCUT2D eigenvalue weighted by atomic mass is 10.1. The SMILES string of the molecule is CC1CN(Cc2ccc(C#N)cc2F)CCN1C. The predicted molar refractivity (Wildman–Crippen MR) is 68.5 cm³/mol. The molecule has 1 fully saturated rings. The number of hydrogen-bond donors (Lipinski definition) is 0. The molecule has 0 N–H and O–H groups in total. The lowest BCUT2D eigenvalue weighted by molar-refractivity contribution is 0.0991. The van der Waals surface area contributed by atoms with E-state index in [1.165, 1.54) is 6.07 Å². The highest BCUT2D eigenvalue weighted by Crippen LogP contribution is 2.15. The summed E-state index contributed by atoms with van der Waals surface area (Å²) in [4.78, 5) is 4.57. The van der Waals surface area contributed by atoms with Crippen LogP contribution in [0.4, 0.5) is 4.39 Å². The Morgan fingerprint density at radius 3 is 2.83 bits per heavy atom. The lowest BCUT2D eigenvalue weighted by Gasteiger charge is -2.37. The van der Waals surface area contributed by atoms with Crippen molar-refractivity contribution >= 4 is 0 Å². The predicted octanol–water partition coefficient (Wildman–Crippen LogP) is 1.83. The quantitative estimate of drug-likeness (QED) is 0.798. The van der Waals surface area contributed by atoms with Crippen molar-refractivity contribution in [2.75, 3.05) is 26.7 Å². The zero-order valence-electron chi connectivity index (χ0n) is 10.9. The van der Waals surface area contributed by atoms with Crippen LogP contribution < -0.4 is 0 Å². The number of halogens is 1. The van der Waals surface area contributed by atoms with Gasteiger partial charge in [-0.2, -0.15) is 5.26 Å². The minimum absolute atomic E-state index is 0.277. The lowest BCUT2D eigenvalue weighted by Crippen LogP contribution is -2.49. The van der Waals surface area contributed by atoms with Crippen LogP contribution in [0.2, 0.25) is 0 Å². The summed E-state index contributed by atoms with van der Waals surface area (Å²) in [5.74, 6) is -0.277. The third kappa shape index (κ3) is 2.87. The number of benzene rings is 1. The monoisotopic (exact) mass is 247 g/mol. The molecular formula is C14H18FN3. The molecule has 1 saturated heterocycles. The largest absolute Gasteiger partial charge is 0.301 e. The van der Waals surface area contributed by atoms with Crippen LogP contribution >= 0.6 is 0 Å². The smallest absolute Gasteiger partial charge is 0.129 e. The minimum atomic E-state index is -0.277. The number of nitriles is 1. The summed E-state index contributed by atoms with van der Waals surface area (Å²) in [6.07, 6.45) is 0. The van der Waals surface area contributed by atoms with Crippen LogP contribution in [0.25, 0.3) is 0 Å². The van der Waals surface area contributed by atoms with Crippen LogP contribution in [-0.2, 0) is 6.54 Å². The molecule has 0 radical (unpaired) electrons. The van der Waals surface area contributed by atoms with E-state index in [1.54, 1.807) is 12.1 Å². The Morgan fingerprint density at radius 1 is 1.44 bits per heavy atom. The molecule has 1 heterocycles. The number of hydrogen-bond acceptors (Lipinski definition) is 3. The first-order valence-electron chi connectivity index (χ1n) is 6.21. The highest BCUT2D eigenvalue weighted by atomic mass is 19.1. The van der Waals surface area contributed by atoms with Crippen molar-refractivity contribution in [3.8, 4) is 6.07 Å². The topological polar surface area (TPSA) is 30.3 Å². The summed E-state index contributed by atoms with van der Waals surface area (Å²) in [5, 5.41) is 8.71. The summed E-state index contributed by atoms with van der Waals surface area (Å²) in [6.45, 7) is 5.73. The maximum atomic E-state index is 13.8. The van der Waals surface area contributed by atoms with Crippen LogP contribution in [-0.4, -0.2) is 42.5 Å². The third-order valence-corrected chi connectivity index (χ3v) is 3.62. The van der Waals surface area contributed by atoms with Gasteiger partial charge in [-0.15, -0.1) is 0 Å². The van der Waals surface area contributed by atoms with Crippen LogP contribution in [0.15, 0.2) is 18.2 Å². The van der Waals surface area contributed by atoms with Crippen molar-refractivity contribution in [2.24, 2.45) is 0 Å². The average Bonchev–Trinajstić information content (AvgIpc) is 2.36. The van der Waals surface area contributed by atoms with Gasteiger partial charge in [0.2, 0.25) is 0 Å². The van der Waals surface area contributed by atoms with Gasteiger partial charge < -0.3 is 4.90 Å². The van der Waals surface area contributed by atoms with Crippen LogP contribution in [0.5, 0.6) is 0 Å². The Hall–Kier alpha value is -1.44. The van der Waals surface area contributed by atoms with Gasteiger partial charge >= 0.3 is 0 Å². The number of piperazine rings is 1. The summed E-state index contributed by atoms with van der Waals surface area (Å²) in [7, 11) is 2.12. The van der Waals surface area contributed by atoms with E-state index in [0.29, 0.717) is 23.7 Å². The van der Waals surface area contributed by atoms with Gasteiger partial charge in [0.05, 0.1) is 11.6 Å². The molecule has 4 heteroatoms. The van der Waals surface area contributed by atoms with E-state index in [4.69, 9.17) is 5.26 Å². The number of likely N-dealkylation sites (N-methyl/N-ethyl adjacent to an activating group) is 1. The first kappa shape index (κ1) is 13.0. The molecule has 18 heavy (non-hydrogen) atoms. The Kier molecular flexibility index (Phi) is 3.95. The molecule has 1 aliphatic heterocycles. The van der Waals surface area contributed by atoms with Crippen molar-refractivity contribution in [3.05, 3.63) is 35.1 Å². The van der Waals surface area contributed by atoms with Crippen molar-refractivity contribution in [3.63, 3.8) is 0 Å². The van der Waals surface area contributed by atoms with E-state index in [2.05, 4.69) is 23.8 Å². The maximum absolute atomic E-state index is 13.8. The summed E-state index contributed by atoms with van der Waals surface area (Å²) >= 11 is 0. The normalized spacial score (nSPS) is 21.8. The fraction of sp³-hybridized carbons (Fsp3) is 0.500. The highest BCUT2D eigenvalue weighted by molar-refractivity contribution is 5.32. The Labute approximate surface area is 107 Å². The van der Waals surface area contributed by atoms with Gasteiger partial charge in [-0.3, -0.25) is 4.90 Å². The third-order valence-electron chi connectivity index (χ3n) is 3.62. The second kappa shape index (κ2) is 5.47. The highest BCUT2D eigenvalue weighted by Gasteiger charge is 2.21. The van der Waals surface area contributed by atoms with E-state index in [1.807, 2.05) is 6.07 Å². The average molecular weight is 247 g/mol. The van der Waals surface area contributed by atoms with Gasteiger partial charge in [0.25, 0.3) is 0 Å². The zero-order valence-corrected chi connectivity index (χ0v) is 10.9. The van der Waals surface area contributed by atoms with Crippen molar-refractivity contribution in [2.45, 2.75) is 19.5 Å². The zero-order chi connectivity index (χ0) is 13.1. The molecule has 1 aliphatic rings. The van der Waals surface area contributed by atoms with E-state index in [0.717, 1.165) is 19.6 Å². The summed E-state index contributed by atoms with van der Waals surface area (Å²) < 4.78 is 13.8. The number of rotatable bonds is 2. The van der Waals surface area contributed by atoms with E-state index in [9.17, 15) is 4.39 Å². The molecule has 2 rings (SSSR count). The van der Waals surface area contributed by atoms with Crippen LogP contribution in [0.1, 0.15) is 18.1 Å².